The molecule has 0 spiro atoms. The highest BCUT2D eigenvalue weighted by Gasteiger charge is 2.26. The molecule has 34 heavy (non-hydrogen) atoms. The first kappa shape index (κ1) is 21.8. The third kappa shape index (κ3) is 4.06. The predicted molar refractivity (Wildman–Crippen MR) is 133 cm³/mol. The fourth-order valence-electron chi connectivity index (χ4n) is 4.59. The second-order valence-corrected chi connectivity index (χ2v) is 8.73. The molecule has 1 saturated heterocycles. The van der Waals surface area contributed by atoms with Gasteiger partial charge in [-0.05, 0) is 60.7 Å². The summed E-state index contributed by atoms with van der Waals surface area (Å²) < 4.78 is 14.4. The first-order chi connectivity index (χ1) is 16.4. The van der Waals surface area contributed by atoms with Crippen LogP contribution in [0.15, 0.2) is 47.8 Å². The van der Waals surface area contributed by atoms with Crippen LogP contribution in [0.1, 0.15) is 24.0 Å². The Hall–Kier alpha value is -3.98. The molecule has 0 saturated carbocycles. The highest BCUT2D eigenvalue weighted by Crippen LogP contribution is 2.42. The third-order valence-electron chi connectivity index (χ3n) is 6.24. The summed E-state index contributed by atoms with van der Waals surface area (Å²) in [4.78, 5) is 14.8. The Morgan fingerprint density at radius 2 is 2.00 bits per heavy atom. The van der Waals surface area contributed by atoms with Crippen LogP contribution in [-0.2, 0) is 0 Å². The number of oxime groups is 1. The zero-order valence-electron chi connectivity index (χ0n) is 18.8. The number of anilines is 2. The molecule has 8 nitrogen and oxygen atoms in total. The molecular weight excluding hydrogens is 433 g/mol. The van der Waals surface area contributed by atoms with Gasteiger partial charge in [-0.3, -0.25) is 0 Å². The Bertz CT molecular complexity index is 1370. The fraction of sp³-hybridized carbons (Fsp3) is 0.240. The number of benzene rings is 2. The number of H-pyrrole nitrogens is 1. The zero-order valence-corrected chi connectivity index (χ0v) is 18.8. The minimum atomic E-state index is -0.304. The van der Waals surface area contributed by atoms with Crippen molar-refractivity contribution in [3.63, 3.8) is 0 Å². The molecular formula is C25H26FN7O. The largest absolute Gasteiger partial charge is 0.411 e. The standard InChI is InChI=1S/C25H26FN7O/c1-14-8-16(11-17(26)9-14)19-13-29-24(28)22(23(19)33-6-4-18(27)5-7-33)25-31-20-3-2-15(12-30-34)10-21(20)32-25/h2-3,8-13,18,34H,4-7,27H2,1H3,(H2,28,29)(H,31,32). The molecule has 1 aliphatic rings. The molecule has 174 valence electrons. The van der Waals surface area contributed by atoms with Crippen molar-refractivity contribution >= 4 is 28.8 Å². The molecule has 0 amide bonds. The van der Waals surface area contributed by atoms with E-state index in [0.717, 1.165) is 53.8 Å². The normalized spacial score (nSPS) is 15.0. The van der Waals surface area contributed by atoms with Crippen LogP contribution in [0.5, 0.6) is 0 Å². The summed E-state index contributed by atoms with van der Waals surface area (Å²) in [5, 5.41) is 12.0. The molecule has 3 heterocycles. The lowest BCUT2D eigenvalue weighted by atomic mass is 9.97. The van der Waals surface area contributed by atoms with Crippen LogP contribution in [-0.4, -0.2) is 45.5 Å². The van der Waals surface area contributed by atoms with Crippen LogP contribution in [0.3, 0.4) is 0 Å². The summed E-state index contributed by atoms with van der Waals surface area (Å²) in [7, 11) is 0. The molecule has 2 aromatic heterocycles. The van der Waals surface area contributed by atoms with Gasteiger partial charge in [-0.15, -0.1) is 0 Å². The summed E-state index contributed by atoms with van der Waals surface area (Å²) in [6.07, 6.45) is 4.73. The van der Waals surface area contributed by atoms with Crippen LogP contribution < -0.4 is 16.4 Å². The van der Waals surface area contributed by atoms with Crippen LogP contribution in [0, 0.1) is 12.7 Å². The van der Waals surface area contributed by atoms with E-state index in [1.165, 1.54) is 18.3 Å². The average molecular weight is 460 g/mol. The van der Waals surface area contributed by atoms with Crippen molar-refractivity contribution in [3.8, 4) is 22.5 Å². The van der Waals surface area contributed by atoms with Crippen LogP contribution in [0.2, 0.25) is 0 Å². The third-order valence-corrected chi connectivity index (χ3v) is 6.24. The number of fused-ring (bicyclic) bond motifs is 1. The number of nitrogen functional groups attached to an aromatic ring is 1. The maximum atomic E-state index is 14.4. The molecule has 0 atom stereocenters. The van der Waals surface area contributed by atoms with Crippen molar-refractivity contribution in [2.24, 2.45) is 10.9 Å². The average Bonchev–Trinajstić information content (AvgIpc) is 3.22. The van der Waals surface area contributed by atoms with Gasteiger partial charge in [0.05, 0.1) is 28.5 Å². The number of imidazole rings is 1. The molecule has 4 aromatic rings. The van der Waals surface area contributed by atoms with Gasteiger partial charge in [0.2, 0.25) is 0 Å². The van der Waals surface area contributed by atoms with Crippen molar-refractivity contribution < 1.29 is 9.60 Å². The molecule has 1 fully saturated rings. The van der Waals surface area contributed by atoms with Crippen LogP contribution >= 0.6 is 0 Å². The van der Waals surface area contributed by atoms with E-state index >= 15 is 0 Å². The van der Waals surface area contributed by atoms with E-state index in [9.17, 15) is 4.39 Å². The van der Waals surface area contributed by atoms with Gasteiger partial charge in [0, 0.05) is 30.9 Å². The smallest absolute Gasteiger partial charge is 0.144 e. The van der Waals surface area contributed by atoms with Crippen molar-refractivity contribution in [1.82, 2.24) is 15.0 Å². The van der Waals surface area contributed by atoms with E-state index in [1.807, 2.05) is 31.2 Å². The molecule has 1 aliphatic heterocycles. The van der Waals surface area contributed by atoms with E-state index in [-0.39, 0.29) is 11.9 Å². The Morgan fingerprint density at radius 1 is 1.21 bits per heavy atom. The number of hydrogen-bond acceptors (Lipinski definition) is 7. The van der Waals surface area contributed by atoms with Gasteiger partial charge in [0.1, 0.15) is 17.5 Å². The van der Waals surface area contributed by atoms with Crippen molar-refractivity contribution in [1.29, 1.82) is 0 Å². The summed E-state index contributed by atoms with van der Waals surface area (Å²) in [6.45, 7) is 3.36. The number of aromatic amines is 1. The van der Waals surface area contributed by atoms with Crippen molar-refractivity contribution in [3.05, 3.63) is 59.5 Å². The monoisotopic (exact) mass is 459 g/mol. The SMILES string of the molecule is Cc1cc(F)cc(-c2cnc(N)c(-c3nc4cc(C=NO)ccc4[nH]3)c2N2CCC(N)CC2)c1. The summed E-state index contributed by atoms with van der Waals surface area (Å²) >= 11 is 0. The highest BCUT2D eigenvalue weighted by atomic mass is 19.1. The number of halogens is 1. The molecule has 6 N–H and O–H groups in total. The van der Waals surface area contributed by atoms with Gasteiger partial charge in [0.15, 0.2) is 0 Å². The van der Waals surface area contributed by atoms with Gasteiger partial charge in [-0.25, -0.2) is 14.4 Å². The Balaban J connectivity index is 1.74. The van der Waals surface area contributed by atoms with E-state index in [1.54, 1.807) is 6.20 Å². The number of nitrogens with one attached hydrogen (secondary N) is 1. The molecule has 0 radical (unpaired) electrons. The first-order valence-corrected chi connectivity index (χ1v) is 11.2. The minimum Gasteiger partial charge on any atom is -0.411 e. The van der Waals surface area contributed by atoms with E-state index in [2.05, 4.69) is 20.0 Å². The summed E-state index contributed by atoms with van der Waals surface area (Å²) in [6, 6.07) is 10.6. The van der Waals surface area contributed by atoms with Crippen LogP contribution in [0.4, 0.5) is 15.9 Å². The number of hydrogen-bond donors (Lipinski definition) is 4. The number of aromatic nitrogens is 3. The molecule has 9 heteroatoms. The first-order valence-electron chi connectivity index (χ1n) is 11.2. The lowest BCUT2D eigenvalue weighted by Gasteiger charge is -2.34. The number of nitrogens with zero attached hydrogens (tertiary/aromatic N) is 4. The minimum absolute atomic E-state index is 0.150. The van der Waals surface area contributed by atoms with E-state index in [4.69, 9.17) is 21.7 Å². The van der Waals surface area contributed by atoms with Crippen molar-refractivity contribution in [2.75, 3.05) is 23.7 Å². The summed E-state index contributed by atoms with van der Waals surface area (Å²) in [5.74, 6) is 0.595. The molecule has 0 unspecified atom stereocenters. The predicted octanol–water partition coefficient (Wildman–Crippen LogP) is 4.06. The molecule has 2 aromatic carbocycles. The maximum absolute atomic E-state index is 14.4. The van der Waals surface area contributed by atoms with Gasteiger partial charge in [-0.2, -0.15) is 0 Å². The molecule has 5 rings (SSSR count). The quantitative estimate of drug-likeness (QED) is 0.207. The van der Waals surface area contributed by atoms with Gasteiger partial charge < -0.3 is 26.6 Å². The van der Waals surface area contributed by atoms with E-state index in [0.29, 0.717) is 28.3 Å². The van der Waals surface area contributed by atoms with Crippen LogP contribution in [0.25, 0.3) is 33.5 Å². The Morgan fingerprint density at radius 3 is 2.74 bits per heavy atom. The van der Waals surface area contributed by atoms with Gasteiger partial charge in [-0.1, -0.05) is 17.3 Å². The number of piperidine rings is 1. The highest BCUT2D eigenvalue weighted by molar-refractivity contribution is 5.96. The van der Waals surface area contributed by atoms with E-state index < -0.39 is 0 Å². The second kappa shape index (κ2) is 8.75. The topological polar surface area (TPSA) is 129 Å². The molecule has 0 aliphatic carbocycles. The number of rotatable bonds is 4. The summed E-state index contributed by atoms with van der Waals surface area (Å²) in [5.41, 5.74) is 18.7. The number of pyridine rings is 1. The number of aryl methyl sites for hydroxylation is 1. The Labute approximate surface area is 196 Å². The maximum Gasteiger partial charge on any atom is 0.144 e. The number of nitrogens with two attached hydrogens (primary N) is 2. The van der Waals surface area contributed by atoms with Crippen molar-refractivity contribution in [2.45, 2.75) is 25.8 Å². The lowest BCUT2D eigenvalue weighted by Crippen LogP contribution is -2.40. The molecule has 0 bridgehead atoms. The zero-order chi connectivity index (χ0) is 23.8. The Kier molecular flexibility index (Phi) is 5.62. The lowest BCUT2D eigenvalue weighted by molar-refractivity contribution is 0.322. The van der Waals surface area contributed by atoms with Gasteiger partial charge in [0.25, 0.3) is 0 Å². The fourth-order valence-corrected chi connectivity index (χ4v) is 4.59. The second-order valence-electron chi connectivity index (χ2n) is 8.73. The van der Waals surface area contributed by atoms with Gasteiger partial charge >= 0.3 is 0 Å².